The molecule has 202 valence electrons. The van der Waals surface area contributed by atoms with E-state index in [2.05, 4.69) is 49.9 Å². The average Bonchev–Trinajstić information content (AvgIpc) is 3.51. The van der Waals surface area contributed by atoms with Crippen molar-refractivity contribution in [3.63, 3.8) is 0 Å². The van der Waals surface area contributed by atoms with E-state index in [0.717, 1.165) is 54.8 Å². The summed E-state index contributed by atoms with van der Waals surface area (Å²) in [5.41, 5.74) is 3.15. The zero-order valence-electron chi connectivity index (χ0n) is 21.2. The number of hydrogen-bond donors (Lipinski definition) is 3. The van der Waals surface area contributed by atoms with Gasteiger partial charge in [0.1, 0.15) is 17.0 Å². The van der Waals surface area contributed by atoms with Gasteiger partial charge in [-0.15, -0.1) is 11.3 Å². The molecule has 4 aromatic rings. The number of H-pyrrole nitrogens is 1. The molecule has 0 unspecified atom stereocenters. The number of hydrogen-bond acceptors (Lipinski definition) is 7. The summed E-state index contributed by atoms with van der Waals surface area (Å²) in [4.78, 5) is 12.6. The first-order valence-electron chi connectivity index (χ1n) is 12.5. The predicted molar refractivity (Wildman–Crippen MR) is 143 cm³/mol. The number of alkyl halides is 3. The summed E-state index contributed by atoms with van der Waals surface area (Å²) < 4.78 is 49.2. The van der Waals surface area contributed by atoms with Gasteiger partial charge in [0.25, 0.3) is 0 Å². The van der Waals surface area contributed by atoms with E-state index in [1.54, 1.807) is 20.3 Å². The van der Waals surface area contributed by atoms with Crippen molar-refractivity contribution >= 4 is 27.4 Å². The van der Waals surface area contributed by atoms with Gasteiger partial charge in [0, 0.05) is 29.6 Å². The number of nitrogens with zero attached hydrogens (tertiary/aromatic N) is 2. The smallest absolute Gasteiger partial charge is 0.393 e. The van der Waals surface area contributed by atoms with Gasteiger partial charge in [-0.1, -0.05) is 24.3 Å². The first-order valence-corrected chi connectivity index (χ1v) is 13.3. The maximum atomic E-state index is 12.9. The summed E-state index contributed by atoms with van der Waals surface area (Å²) in [6.07, 6.45) is 0.255. The van der Waals surface area contributed by atoms with Crippen LogP contribution in [0.1, 0.15) is 36.1 Å². The number of nitrogens with one attached hydrogen (secondary N) is 3. The van der Waals surface area contributed by atoms with Crippen LogP contribution in [0.3, 0.4) is 0 Å². The van der Waals surface area contributed by atoms with Crippen LogP contribution in [-0.4, -0.2) is 47.4 Å². The van der Waals surface area contributed by atoms with E-state index in [9.17, 15) is 13.2 Å². The van der Waals surface area contributed by atoms with Crippen LogP contribution in [0.15, 0.2) is 42.7 Å². The lowest BCUT2D eigenvalue weighted by molar-refractivity contribution is -0.126. The van der Waals surface area contributed by atoms with Crippen LogP contribution in [-0.2, 0) is 13.0 Å². The normalized spacial score (nSPS) is 18.0. The van der Waals surface area contributed by atoms with Gasteiger partial charge in [0.05, 0.1) is 31.7 Å². The van der Waals surface area contributed by atoms with E-state index >= 15 is 0 Å². The molecule has 3 heterocycles. The number of ether oxygens (including phenoxy) is 2. The van der Waals surface area contributed by atoms with E-state index in [4.69, 9.17) is 9.47 Å². The minimum atomic E-state index is -4.24. The Balaban J connectivity index is 1.18. The SMILES string of the molecule is COc1cc(-c2ccc(CN[C@H]3CCC[C@@H](Nc4ncnc5sc(CC(F)(F)F)cc45)C3)cc2)[nH]c1OC. The molecule has 1 aliphatic carbocycles. The minimum Gasteiger partial charge on any atom is -0.491 e. The molecule has 0 bridgehead atoms. The van der Waals surface area contributed by atoms with E-state index in [1.165, 1.54) is 11.9 Å². The summed E-state index contributed by atoms with van der Waals surface area (Å²) in [6, 6.07) is 12.4. The molecule has 0 spiro atoms. The third-order valence-corrected chi connectivity index (χ3v) is 7.84. The van der Waals surface area contributed by atoms with Gasteiger partial charge >= 0.3 is 6.18 Å². The lowest BCUT2D eigenvalue weighted by atomic mass is 9.90. The van der Waals surface area contributed by atoms with Gasteiger partial charge in [-0.2, -0.15) is 13.2 Å². The Morgan fingerprint density at radius 1 is 1.05 bits per heavy atom. The Labute approximate surface area is 222 Å². The molecule has 3 aromatic heterocycles. The monoisotopic (exact) mass is 545 g/mol. The van der Waals surface area contributed by atoms with Crippen molar-refractivity contribution in [2.75, 3.05) is 19.5 Å². The van der Waals surface area contributed by atoms with Crippen molar-refractivity contribution in [3.05, 3.63) is 53.2 Å². The first-order chi connectivity index (χ1) is 18.3. The fourth-order valence-electron chi connectivity index (χ4n) is 4.94. The maximum absolute atomic E-state index is 12.9. The average molecular weight is 546 g/mol. The predicted octanol–water partition coefficient (Wildman–Crippen LogP) is 6.32. The summed E-state index contributed by atoms with van der Waals surface area (Å²) >= 11 is 1.07. The van der Waals surface area contributed by atoms with Crippen LogP contribution in [0, 0.1) is 0 Å². The van der Waals surface area contributed by atoms with E-state index in [-0.39, 0.29) is 10.9 Å². The van der Waals surface area contributed by atoms with Gasteiger partial charge in [-0.05, 0) is 42.9 Å². The van der Waals surface area contributed by atoms with Crippen molar-refractivity contribution < 1.29 is 22.6 Å². The Morgan fingerprint density at radius 2 is 1.84 bits per heavy atom. The number of methoxy groups -OCH3 is 2. The zero-order valence-corrected chi connectivity index (χ0v) is 22.0. The summed E-state index contributed by atoms with van der Waals surface area (Å²) in [5, 5.41) is 7.80. The van der Waals surface area contributed by atoms with Crippen molar-refractivity contribution in [1.82, 2.24) is 20.3 Å². The van der Waals surface area contributed by atoms with E-state index in [1.807, 2.05) is 6.07 Å². The molecule has 1 aromatic carbocycles. The molecule has 1 aliphatic rings. The third kappa shape index (κ3) is 6.21. The molecule has 0 saturated heterocycles. The minimum absolute atomic E-state index is 0.186. The molecular formula is C27H30F3N5O2S. The molecule has 3 N–H and O–H groups in total. The number of fused-ring (bicyclic) bond motifs is 1. The first kappa shape index (κ1) is 26.3. The van der Waals surface area contributed by atoms with Crippen LogP contribution in [0.5, 0.6) is 11.6 Å². The van der Waals surface area contributed by atoms with E-state index in [0.29, 0.717) is 33.7 Å². The second kappa shape index (κ2) is 11.2. The van der Waals surface area contributed by atoms with Gasteiger partial charge in [-0.25, -0.2) is 9.97 Å². The highest BCUT2D eigenvalue weighted by molar-refractivity contribution is 7.18. The van der Waals surface area contributed by atoms with Crippen LogP contribution < -0.4 is 20.1 Å². The van der Waals surface area contributed by atoms with Crippen LogP contribution in [0.25, 0.3) is 21.5 Å². The Bertz CT molecular complexity index is 1350. The molecule has 11 heteroatoms. The highest BCUT2D eigenvalue weighted by Crippen LogP contribution is 2.34. The third-order valence-electron chi connectivity index (χ3n) is 6.80. The molecule has 0 radical (unpaired) electrons. The second-order valence-corrected chi connectivity index (χ2v) is 10.6. The second-order valence-electron chi connectivity index (χ2n) is 9.51. The summed E-state index contributed by atoms with van der Waals surface area (Å²) in [7, 11) is 3.21. The molecule has 5 rings (SSSR count). The van der Waals surface area contributed by atoms with Gasteiger partial charge in [-0.3, -0.25) is 0 Å². The number of aromatic nitrogens is 3. The van der Waals surface area contributed by atoms with Crippen LogP contribution in [0.4, 0.5) is 19.0 Å². The maximum Gasteiger partial charge on any atom is 0.393 e. The Hall–Kier alpha value is -3.31. The Morgan fingerprint density at radius 3 is 2.55 bits per heavy atom. The number of benzene rings is 1. The zero-order chi connectivity index (χ0) is 26.7. The highest BCUT2D eigenvalue weighted by Gasteiger charge is 2.29. The number of rotatable bonds is 9. The summed E-state index contributed by atoms with van der Waals surface area (Å²) in [5.74, 6) is 1.87. The van der Waals surface area contributed by atoms with Crippen molar-refractivity contribution in [3.8, 4) is 22.9 Å². The molecular weight excluding hydrogens is 515 g/mol. The highest BCUT2D eigenvalue weighted by atomic mass is 32.1. The standard InChI is InChI=1S/C27H30F3N5O2S/c1-36-23-12-22(35-25(23)37-2)17-8-6-16(7-9-17)14-31-18-4-3-5-19(10-18)34-24-21-11-20(13-27(28,29)30)38-26(21)33-15-32-24/h6-9,11-12,15,18-19,31,35H,3-5,10,13-14H2,1-2H3,(H,32,33,34)/t18-,19+/m0/s1. The molecule has 1 saturated carbocycles. The number of thiophene rings is 1. The molecule has 0 aliphatic heterocycles. The lowest BCUT2D eigenvalue weighted by Crippen LogP contribution is -2.38. The van der Waals surface area contributed by atoms with Crippen molar-refractivity contribution in [2.45, 2.75) is 56.9 Å². The van der Waals surface area contributed by atoms with Crippen LogP contribution in [0.2, 0.25) is 0 Å². The fourth-order valence-corrected chi connectivity index (χ4v) is 5.97. The number of aromatic amines is 1. The topological polar surface area (TPSA) is 84.1 Å². The van der Waals surface area contributed by atoms with Gasteiger partial charge in [0.15, 0.2) is 5.75 Å². The number of anilines is 1. The van der Waals surface area contributed by atoms with Gasteiger partial charge in [0.2, 0.25) is 5.88 Å². The summed E-state index contributed by atoms with van der Waals surface area (Å²) in [6.45, 7) is 0.748. The van der Waals surface area contributed by atoms with E-state index < -0.39 is 12.6 Å². The van der Waals surface area contributed by atoms with Crippen molar-refractivity contribution in [1.29, 1.82) is 0 Å². The number of halogens is 3. The molecule has 1 fully saturated rings. The van der Waals surface area contributed by atoms with Crippen LogP contribution >= 0.6 is 11.3 Å². The molecule has 2 atom stereocenters. The fraction of sp³-hybridized carbons (Fsp3) is 0.407. The lowest BCUT2D eigenvalue weighted by Gasteiger charge is -2.31. The van der Waals surface area contributed by atoms with Crippen molar-refractivity contribution in [2.24, 2.45) is 0 Å². The molecule has 7 nitrogen and oxygen atoms in total. The molecule has 0 amide bonds. The Kier molecular flexibility index (Phi) is 7.75. The van der Waals surface area contributed by atoms with Gasteiger partial charge < -0.3 is 25.1 Å². The quantitative estimate of drug-likeness (QED) is 0.228. The molecule has 38 heavy (non-hydrogen) atoms. The largest absolute Gasteiger partial charge is 0.491 e.